The number of nitrogens with one attached hydrogen (secondary N) is 2. The van der Waals surface area contributed by atoms with Crippen molar-refractivity contribution in [3.63, 3.8) is 0 Å². The molecule has 0 saturated heterocycles. The van der Waals surface area contributed by atoms with E-state index in [4.69, 9.17) is 0 Å². The van der Waals surface area contributed by atoms with Gasteiger partial charge in [0.05, 0.1) is 10.4 Å². The largest absolute Gasteiger partial charge is 0.340 e. The van der Waals surface area contributed by atoms with Gasteiger partial charge in [0.25, 0.3) is 10.0 Å². The molecular weight excluding hydrogens is 324 g/mol. The predicted octanol–water partition coefficient (Wildman–Crippen LogP) is 3.42. The topological polar surface area (TPSA) is 87.7 Å². The van der Waals surface area contributed by atoms with Crippen molar-refractivity contribution in [2.45, 2.75) is 36.5 Å². The van der Waals surface area contributed by atoms with Gasteiger partial charge in [-0.15, -0.1) is 0 Å². The van der Waals surface area contributed by atoms with Crippen molar-refractivity contribution < 1.29 is 8.42 Å². The first kappa shape index (κ1) is 15.1. The van der Waals surface area contributed by atoms with Crippen molar-refractivity contribution in [3.8, 4) is 0 Å². The summed E-state index contributed by atoms with van der Waals surface area (Å²) in [4.78, 5) is 12.4. The van der Waals surface area contributed by atoms with Crippen molar-refractivity contribution in [3.05, 3.63) is 48.3 Å². The molecule has 2 N–H and O–H groups in total. The maximum Gasteiger partial charge on any atom is 0.263 e. The third-order valence-electron chi connectivity index (χ3n) is 4.40. The van der Waals surface area contributed by atoms with Gasteiger partial charge in [-0.2, -0.15) is 0 Å². The molecule has 0 spiro atoms. The minimum atomic E-state index is -3.64. The molecule has 0 aliphatic heterocycles. The van der Waals surface area contributed by atoms with Crippen LogP contribution in [0.4, 0.5) is 5.82 Å². The summed E-state index contributed by atoms with van der Waals surface area (Å²) >= 11 is 0. The summed E-state index contributed by atoms with van der Waals surface area (Å²) in [5.74, 6) is 1.69. The van der Waals surface area contributed by atoms with E-state index in [0.29, 0.717) is 11.6 Å². The number of benzene rings is 1. The Balaban J connectivity index is 1.63. The van der Waals surface area contributed by atoms with Crippen molar-refractivity contribution >= 4 is 27.0 Å². The number of hydrogen-bond donors (Lipinski definition) is 2. The summed E-state index contributed by atoms with van der Waals surface area (Å²) in [6.07, 6.45) is 4.76. The fraction of sp³-hybridized carbons (Fsp3) is 0.294. The molecular formula is C17H18N4O2S. The van der Waals surface area contributed by atoms with Crippen LogP contribution >= 0.6 is 0 Å². The number of aromatic nitrogens is 3. The van der Waals surface area contributed by atoms with Crippen LogP contribution < -0.4 is 4.72 Å². The van der Waals surface area contributed by atoms with Crippen molar-refractivity contribution in [2.24, 2.45) is 0 Å². The van der Waals surface area contributed by atoms with E-state index in [2.05, 4.69) is 19.7 Å². The molecule has 3 aromatic rings. The monoisotopic (exact) mass is 342 g/mol. The van der Waals surface area contributed by atoms with Crippen LogP contribution in [-0.2, 0) is 10.0 Å². The van der Waals surface area contributed by atoms with Gasteiger partial charge in [0.2, 0.25) is 0 Å². The van der Waals surface area contributed by atoms with Crippen molar-refractivity contribution in [2.75, 3.05) is 4.72 Å². The van der Waals surface area contributed by atoms with Gasteiger partial charge in [0, 0.05) is 5.92 Å². The molecule has 7 heteroatoms. The Morgan fingerprint density at radius 2 is 1.75 bits per heavy atom. The van der Waals surface area contributed by atoms with Gasteiger partial charge < -0.3 is 4.98 Å². The number of aromatic amines is 1. The molecule has 2 aromatic heterocycles. The van der Waals surface area contributed by atoms with Crippen LogP contribution in [-0.4, -0.2) is 23.4 Å². The molecule has 2 heterocycles. The molecule has 0 radical (unpaired) electrons. The van der Waals surface area contributed by atoms with Gasteiger partial charge in [-0.3, -0.25) is 4.72 Å². The molecule has 0 amide bonds. The van der Waals surface area contributed by atoms with Crippen LogP contribution in [0.15, 0.2) is 47.4 Å². The predicted molar refractivity (Wildman–Crippen MR) is 92.3 cm³/mol. The maximum absolute atomic E-state index is 12.4. The number of anilines is 1. The molecule has 0 atom stereocenters. The van der Waals surface area contributed by atoms with Crippen LogP contribution in [0.1, 0.15) is 37.4 Å². The van der Waals surface area contributed by atoms with E-state index in [9.17, 15) is 8.42 Å². The third-order valence-corrected chi connectivity index (χ3v) is 5.77. The van der Waals surface area contributed by atoms with Gasteiger partial charge >= 0.3 is 0 Å². The number of imidazole rings is 1. The zero-order valence-corrected chi connectivity index (χ0v) is 13.9. The van der Waals surface area contributed by atoms with E-state index in [1.807, 2.05) is 6.07 Å². The Kier molecular flexibility index (Phi) is 3.72. The molecule has 124 valence electrons. The Morgan fingerprint density at radius 3 is 2.50 bits per heavy atom. The summed E-state index contributed by atoms with van der Waals surface area (Å²) in [6.45, 7) is 0. The molecule has 1 aromatic carbocycles. The van der Waals surface area contributed by atoms with Crippen molar-refractivity contribution in [1.29, 1.82) is 0 Å². The lowest BCUT2D eigenvalue weighted by Gasteiger charge is -2.06. The van der Waals surface area contributed by atoms with Crippen molar-refractivity contribution in [1.82, 2.24) is 15.0 Å². The minimum Gasteiger partial charge on any atom is -0.340 e. The number of hydrogen-bond acceptors (Lipinski definition) is 4. The number of rotatable bonds is 4. The lowest BCUT2D eigenvalue weighted by molar-refractivity contribution is 0.601. The second-order valence-corrected chi connectivity index (χ2v) is 7.77. The van der Waals surface area contributed by atoms with Crippen LogP contribution in [0.2, 0.25) is 0 Å². The molecule has 4 rings (SSSR count). The second kappa shape index (κ2) is 5.90. The Morgan fingerprint density at radius 1 is 1.00 bits per heavy atom. The zero-order valence-electron chi connectivity index (χ0n) is 13.1. The highest BCUT2D eigenvalue weighted by Crippen LogP contribution is 2.33. The number of nitrogens with zero attached hydrogens (tertiary/aromatic N) is 2. The minimum absolute atomic E-state index is 0.209. The highest BCUT2D eigenvalue weighted by atomic mass is 32.2. The summed E-state index contributed by atoms with van der Waals surface area (Å²) in [6, 6.07) is 11.7. The Labute approximate surface area is 140 Å². The molecule has 24 heavy (non-hydrogen) atoms. The quantitative estimate of drug-likeness (QED) is 0.760. The molecule has 6 nitrogen and oxygen atoms in total. The van der Waals surface area contributed by atoms with Crippen LogP contribution in [0.3, 0.4) is 0 Å². The first-order valence-electron chi connectivity index (χ1n) is 8.06. The van der Waals surface area contributed by atoms with Crippen LogP contribution in [0, 0.1) is 0 Å². The van der Waals surface area contributed by atoms with E-state index in [1.54, 1.807) is 36.4 Å². The van der Waals surface area contributed by atoms with E-state index < -0.39 is 10.0 Å². The fourth-order valence-corrected chi connectivity index (χ4v) is 4.18. The highest BCUT2D eigenvalue weighted by molar-refractivity contribution is 7.92. The molecule has 1 saturated carbocycles. The summed E-state index contributed by atoms with van der Waals surface area (Å²) in [7, 11) is -3.64. The SMILES string of the molecule is O=S(=O)(Nc1ccc2[nH]c(C3CCCC3)nc2n1)c1ccccc1. The Bertz CT molecular complexity index is 961. The lowest BCUT2D eigenvalue weighted by Crippen LogP contribution is -2.13. The molecule has 0 unspecified atom stereocenters. The Hall–Kier alpha value is -2.41. The van der Waals surface area contributed by atoms with E-state index in [1.165, 1.54) is 12.8 Å². The number of fused-ring (bicyclic) bond motifs is 1. The number of sulfonamides is 1. The van der Waals surface area contributed by atoms with E-state index in [0.717, 1.165) is 24.2 Å². The van der Waals surface area contributed by atoms with Gasteiger partial charge in [0.1, 0.15) is 11.6 Å². The van der Waals surface area contributed by atoms with Crippen LogP contribution in [0.25, 0.3) is 11.2 Å². The summed E-state index contributed by atoms with van der Waals surface area (Å²) in [5, 5.41) is 0. The first-order chi connectivity index (χ1) is 11.6. The standard InChI is InChI=1S/C17H18N4O2S/c22-24(23,13-8-2-1-3-9-13)21-15-11-10-14-17(19-15)20-16(18-14)12-6-4-5-7-12/h1-3,8-12H,4-7H2,(H2,18,19,20,21). The molecule has 0 bridgehead atoms. The van der Waals surface area contributed by atoms with Gasteiger partial charge in [-0.25, -0.2) is 18.4 Å². The fourth-order valence-electron chi connectivity index (χ4n) is 3.16. The van der Waals surface area contributed by atoms with Gasteiger partial charge in [0.15, 0.2) is 5.65 Å². The van der Waals surface area contributed by atoms with Gasteiger partial charge in [-0.05, 0) is 37.1 Å². The van der Waals surface area contributed by atoms with Gasteiger partial charge in [-0.1, -0.05) is 31.0 Å². The average Bonchev–Trinajstić information content (AvgIpc) is 3.24. The highest BCUT2D eigenvalue weighted by Gasteiger charge is 2.21. The van der Waals surface area contributed by atoms with Crippen LogP contribution in [0.5, 0.6) is 0 Å². The molecule has 1 aliphatic rings. The normalized spacial score (nSPS) is 15.8. The summed E-state index contributed by atoms with van der Waals surface area (Å²) < 4.78 is 27.3. The number of H-pyrrole nitrogens is 1. The molecule has 1 aliphatic carbocycles. The number of pyridine rings is 1. The third kappa shape index (κ3) is 2.87. The second-order valence-electron chi connectivity index (χ2n) is 6.09. The zero-order chi connectivity index (χ0) is 16.6. The summed E-state index contributed by atoms with van der Waals surface area (Å²) in [5.41, 5.74) is 1.38. The lowest BCUT2D eigenvalue weighted by atomic mass is 10.1. The smallest absolute Gasteiger partial charge is 0.263 e. The molecule has 1 fully saturated rings. The van der Waals surface area contributed by atoms with E-state index >= 15 is 0 Å². The first-order valence-corrected chi connectivity index (χ1v) is 9.55. The average molecular weight is 342 g/mol. The maximum atomic E-state index is 12.4. The van der Waals surface area contributed by atoms with E-state index in [-0.39, 0.29) is 10.7 Å².